The van der Waals surface area contributed by atoms with Crippen molar-refractivity contribution in [2.24, 2.45) is 5.92 Å². The third kappa shape index (κ3) is 4.55. The lowest BCUT2D eigenvalue weighted by atomic mass is 10.1. The average molecular weight is 458 g/mol. The van der Waals surface area contributed by atoms with Crippen LogP contribution >= 0.6 is 0 Å². The average Bonchev–Trinajstić information content (AvgIpc) is 3.18. The molecule has 0 aliphatic carbocycles. The number of amides is 2. The fraction of sp³-hybridized carbons (Fsp3) is 0.391. The Labute approximate surface area is 188 Å². The summed E-state index contributed by atoms with van der Waals surface area (Å²) < 4.78 is 32.1. The third-order valence-corrected chi connectivity index (χ3v) is 7.79. The molecule has 2 fully saturated rings. The molecule has 1 atom stereocenters. The summed E-state index contributed by atoms with van der Waals surface area (Å²) in [7, 11) is -3.59. The van der Waals surface area contributed by atoms with Gasteiger partial charge in [0.2, 0.25) is 21.8 Å². The number of hydrogen-bond acceptors (Lipinski definition) is 5. The van der Waals surface area contributed by atoms with E-state index in [1.165, 1.54) is 16.4 Å². The number of aryl methyl sites for hydroxylation is 2. The van der Waals surface area contributed by atoms with Crippen LogP contribution in [0, 0.1) is 19.8 Å². The van der Waals surface area contributed by atoms with Gasteiger partial charge >= 0.3 is 0 Å². The summed E-state index contributed by atoms with van der Waals surface area (Å²) in [6.07, 6.45) is 0.142. The quantitative estimate of drug-likeness (QED) is 0.743. The molecule has 0 bridgehead atoms. The Hall–Kier alpha value is -2.75. The van der Waals surface area contributed by atoms with E-state index in [0.29, 0.717) is 38.5 Å². The van der Waals surface area contributed by atoms with Crippen molar-refractivity contribution in [1.82, 2.24) is 4.31 Å². The van der Waals surface area contributed by atoms with Crippen molar-refractivity contribution in [1.29, 1.82) is 0 Å². The predicted octanol–water partition coefficient (Wildman–Crippen LogP) is 2.32. The van der Waals surface area contributed by atoms with Crippen molar-refractivity contribution in [3.05, 3.63) is 53.6 Å². The Morgan fingerprint density at radius 3 is 2.44 bits per heavy atom. The maximum absolute atomic E-state index is 12.8. The molecule has 0 saturated carbocycles. The molecular formula is C23H27N3O5S. The fourth-order valence-electron chi connectivity index (χ4n) is 4.02. The van der Waals surface area contributed by atoms with E-state index in [-0.39, 0.29) is 23.1 Å². The van der Waals surface area contributed by atoms with Crippen molar-refractivity contribution >= 4 is 33.2 Å². The fourth-order valence-corrected chi connectivity index (χ4v) is 5.42. The molecule has 2 aliphatic heterocycles. The van der Waals surface area contributed by atoms with E-state index in [1.54, 1.807) is 17.0 Å². The van der Waals surface area contributed by atoms with Gasteiger partial charge in [-0.1, -0.05) is 12.1 Å². The number of rotatable bonds is 5. The number of morpholine rings is 1. The summed E-state index contributed by atoms with van der Waals surface area (Å²) >= 11 is 0. The lowest BCUT2D eigenvalue weighted by Gasteiger charge is -2.26. The van der Waals surface area contributed by atoms with Crippen LogP contribution in [0.2, 0.25) is 0 Å². The third-order valence-electron chi connectivity index (χ3n) is 5.88. The first-order valence-electron chi connectivity index (χ1n) is 10.6. The topological polar surface area (TPSA) is 96.0 Å². The van der Waals surface area contributed by atoms with Crippen LogP contribution in [0.15, 0.2) is 47.4 Å². The Balaban J connectivity index is 1.42. The number of nitrogens with zero attached hydrogens (tertiary/aromatic N) is 2. The van der Waals surface area contributed by atoms with Gasteiger partial charge in [0.1, 0.15) is 0 Å². The van der Waals surface area contributed by atoms with Crippen LogP contribution in [0.25, 0.3) is 0 Å². The van der Waals surface area contributed by atoms with E-state index in [1.807, 2.05) is 32.0 Å². The second kappa shape index (κ2) is 9.01. The highest BCUT2D eigenvalue weighted by Gasteiger charge is 2.36. The number of ether oxygens (including phenoxy) is 1. The van der Waals surface area contributed by atoms with E-state index in [0.717, 1.165) is 16.8 Å². The minimum Gasteiger partial charge on any atom is -0.379 e. The number of nitrogens with one attached hydrogen (secondary N) is 1. The van der Waals surface area contributed by atoms with E-state index in [9.17, 15) is 18.0 Å². The zero-order valence-electron chi connectivity index (χ0n) is 18.2. The molecule has 2 amide bonds. The zero-order valence-corrected chi connectivity index (χ0v) is 19.0. The lowest BCUT2D eigenvalue weighted by molar-refractivity contribution is -0.122. The van der Waals surface area contributed by atoms with Crippen LogP contribution in [0.5, 0.6) is 0 Å². The van der Waals surface area contributed by atoms with E-state index in [2.05, 4.69) is 5.32 Å². The number of benzene rings is 2. The lowest BCUT2D eigenvalue weighted by Crippen LogP contribution is -2.40. The van der Waals surface area contributed by atoms with E-state index >= 15 is 0 Å². The Morgan fingerprint density at radius 2 is 1.75 bits per heavy atom. The molecule has 8 nitrogen and oxygen atoms in total. The highest BCUT2D eigenvalue weighted by atomic mass is 32.2. The second-order valence-corrected chi connectivity index (χ2v) is 10.2. The highest BCUT2D eigenvalue weighted by molar-refractivity contribution is 7.89. The Morgan fingerprint density at radius 1 is 1.06 bits per heavy atom. The number of sulfonamides is 1. The van der Waals surface area contributed by atoms with Crippen LogP contribution < -0.4 is 10.2 Å². The van der Waals surface area contributed by atoms with Gasteiger partial charge in [-0.2, -0.15) is 4.31 Å². The maximum atomic E-state index is 12.8. The number of hydrogen-bond donors (Lipinski definition) is 1. The molecule has 2 saturated heterocycles. The molecule has 32 heavy (non-hydrogen) atoms. The largest absolute Gasteiger partial charge is 0.379 e. The van der Waals surface area contributed by atoms with Gasteiger partial charge in [0.25, 0.3) is 0 Å². The van der Waals surface area contributed by atoms with Crippen molar-refractivity contribution in [2.75, 3.05) is 43.1 Å². The molecule has 1 N–H and O–H groups in total. The SMILES string of the molecule is Cc1ccc(C)c(N2CC(C(=O)Nc3ccc(S(=O)(=O)N4CCOCC4)cc3)CC2=O)c1. The molecule has 2 aliphatic rings. The van der Waals surface area contributed by atoms with Gasteiger partial charge < -0.3 is 15.0 Å². The number of carbonyl (C=O) groups excluding carboxylic acids is 2. The second-order valence-electron chi connectivity index (χ2n) is 8.23. The van der Waals surface area contributed by atoms with E-state index < -0.39 is 15.9 Å². The molecule has 4 rings (SSSR count). The van der Waals surface area contributed by atoms with Crippen LogP contribution in [0.1, 0.15) is 17.5 Å². The van der Waals surface area contributed by atoms with Crippen LogP contribution in [-0.4, -0.2) is 57.4 Å². The molecule has 170 valence electrons. The molecule has 0 radical (unpaired) electrons. The van der Waals surface area contributed by atoms with Crippen LogP contribution in [0.3, 0.4) is 0 Å². The minimum atomic E-state index is -3.59. The molecule has 1 unspecified atom stereocenters. The Kier molecular flexibility index (Phi) is 6.32. The predicted molar refractivity (Wildman–Crippen MR) is 121 cm³/mol. The van der Waals surface area contributed by atoms with Crippen molar-refractivity contribution in [3.8, 4) is 0 Å². The first kappa shape index (κ1) is 22.4. The summed E-state index contributed by atoms with van der Waals surface area (Å²) in [6.45, 7) is 5.65. The minimum absolute atomic E-state index is 0.0780. The van der Waals surface area contributed by atoms with Gasteiger partial charge in [0, 0.05) is 37.4 Å². The van der Waals surface area contributed by atoms with Gasteiger partial charge in [-0.15, -0.1) is 0 Å². The Bertz CT molecular complexity index is 1120. The van der Waals surface area contributed by atoms with Gasteiger partial charge in [-0.3, -0.25) is 9.59 Å². The molecule has 2 aromatic carbocycles. The van der Waals surface area contributed by atoms with Gasteiger partial charge in [-0.05, 0) is 55.3 Å². The van der Waals surface area contributed by atoms with Crippen molar-refractivity contribution in [2.45, 2.75) is 25.2 Å². The van der Waals surface area contributed by atoms with Crippen molar-refractivity contribution in [3.63, 3.8) is 0 Å². The maximum Gasteiger partial charge on any atom is 0.243 e. The summed E-state index contributed by atoms with van der Waals surface area (Å²) in [5, 5.41) is 2.81. The molecule has 9 heteroatoms. The molecule has 0 spiro atoms. The van der Waals surface area contributed by atoms with Crippen molar-refractivity contribution < 1.29 is 22.7 Å². The molecule has 2 heterocycles. The highest BCUT2D eigenvalue weighted by Crippen LogP contribution is 2.29. The molecule has 2 aromatic rings. The monoisotopic (exact) mass is 457 g/mol. The van der Waals surface area contributed by atoms with Gasteiger partial charge in [0.15, 0.2) is 0 Å². The van der Waals surface area contributed by atoms with E-state index in [4.69, 9.17) is 4.74 Å². The summed E-state index contributed by atoms with van der Waals surface area (Å²) in [5.41, 5.74) is 3.37. The standard InChI is InChI=1S/C23H27N3O5S/c1-16-3-4-17(2)21(13-16)26-15-18(14-22(26)27)23(28)24-19-5-7-20(8-6-19)32(29,30)25-9-11-31-12-10-25/h3-8,13,18H,9-12,14-15H2,1-2H3,(H,24,28). The number of anilines is 2. The first-order valence-corrected chi connectivity index (χ1v) is 12.1. The summed E-state index contributed by atoms with van der Waals surface area (Å²) in [4.78, 5) is 27.2. The van der Waals surface area contributed by atoms with Gasteiger partial charge in [-0.25, -0.2) is 8.42 Å². The summed E-state index contributed by atoms with van der Waals surface area (Å²) in [6, 6.07) is 12.0. The van der Waals surface area contributed by atoms with Gasteiger partial charge in [0.05, 0.1) is 24.0 Å². The smallest absolute Gasteiger partial charge is 0.243 e. The van der Waals surface area contributed by atoms with Crippen LogP contribution in [0.4, 0.5) is 11.4 Å². The molecular weight excluding hydrogens is 430 g/mol. The first-order chi connectivity index (χ1) is 15.3. The number of carbonyl (C=O) groups is 2. The summed E-state index contributed by atoms with van der Waals surface area (Å²) in [5.74, 6) is -0.806. The normalized spacial score (nSPS) is 19.9. The zero-order chi connectivity index (χ0) is 22.9. The molecule has 0 aromatic heterocycles. The van der Waals surface area contributed by atoms with Crippen LogP contribution in [-0.2, 0) is 24.3 Å².